The number of furan rings is 1. The number of benzene rings is 2. The molecular formula is C23H18ClNO4S. The van der Waals surface area contributed by atoms with Crippen LogP contribution in [0.1, 0.15) is 16.9 Å². The van der Waals surface area contributed by atoms with Crippen molar-refractivity contribution in [3.05, 3.63) is 87.7 Å². The maximum Gasteiger partial charge on any atom is 0.272 e. The first kappa shape index (κ1) is 20.3. The van der Waals surface area contributed by atoms with Gasteiger partial charge in [-0.1, -0.05) is 23.7 Å². The number of carbonyl (C=O) groups excluding carboxylic acids is 2. The number of ether oxygens (including phenoxy) is 1. The number of methoxy groups -OCH3 is 1. The lowest BCUT2D eigenvalue weighted by atomic mass is 10.1. The third-order valence-electron chi connectivity index (χ3n) is 4.76. The first-order valence-corrected chi connectivity index (χ1v) is 10.5. The summed E-state index contributed by atoms with van der Waals surface area (Å²) in [5.74, 6) is 1.12. The van der Waals surface area contributed by atoms with E-state index >= 15 is 0 Å². The van der Waals surface area contributed by atoms with E-state index < -0.39 is 0 Å². The minimum atomic E-state index is -0.363. The number of aryl methyl sites for hydroxylation is 1. The summed E-state index contributed by atoms with van der Waals surface area (Å²) in [5, 5.41) is 0.547. The smallest absolute Gasteiger partial charge is 0.272 e. The number of carbonyl (C=O) groups is 2. The van der Waals surface area contributed by atoms with Gasteiger partial charge in [0.05, 0.1) is 35.3 Å². The Balaban J connectivity index is 1.76. The van der Waals surface area contributed by atoms with Gasteiger partial charge in [-0.05, 0) is 60.5 Å². The highest BCUT2D eigenvalue weighted by molar-refractivity contribution is 8.03. The lowest BCUT2D eigenvalue weighted by Gasteiger charge is -2.18. The maximum atomic E-state index is 13.4. The number of hydrogen-bond acceptors (Lipinski definition) is 5. The van der Waals surface area contributed by atoms with Crippen molar-refractivity contribution in [3.63, 3.8) is 0 Å². The topological polar surface area (TPSA) is 59.8 Å². The van der Waals surface area contributed by atoms with Crippen LogP contribution in [-0.2, 0) is 15.3 Å². The van der Waals surface area contributed by atoms with Gasteiger partial charge in [-0.25, -0.2) is 4.90 Å². The molecule has 152 valence electrons. The van der Waals surface area contributed by atoms with Crippen molar-refractivity contribution in [2.24, 2.45) is 0 Å². The lowest BCUT2D eigenvalue weighted by molar-refractivity contribution is -0.119. The molecular weight excluding hydrogens is 422 g/mol. The zero-order chi connectivity index (χ0) is 21.3. The monoisotopic (exact) mass is 439 g/mol. The second-order valence-electron chi connectivity index (χ2n) is 6.68. The van der Waals surface area contributed by atoms with Crippen LogP contribution in [0.25, 0.3) is 5.57 Å². The summed E-state index contributed by atoms with van der Waals surface area (Å²) in [7, 11) is 1.58. The number of thioether (sulfide) groups is 1. The number of anilines is 1. The van der Waals surface area contributed by atoms with E-state index in [1.54, 1.807) is 61.9 Å². The third-order valence-corrected chi connectivity index (χ3v) is 6.09. The Kier molecular flexibility index (Phi) is 5.70. The molecule has 1 aliphatic rings. The van der Waals surface area contributed by atoms with Crippen molar-refractivity contribution < 1.29 is 18.7 Å². The fraction of sp³-hybridized carbons (Fsp3) is 0.130. The molecule has 0 atom stereocenters. The van der Waals surface area contributed by atoms with E-state index in [4.69, 9.17) is 20.8 Å². The Hall–Kier alpha value is -2.96. The quantitative estimate of drug-likeness (QED) is 0.477. The Bertz CT molecular complexity index is 1140. The third kappa shape index (κ3) is 3.76. The van der Waals surface area contributed by atoms with Crippen LogP contribution in [0.4, 0.5) is 5.69 Å². The minimum absolute atomic E-state index is 0.354. The van der Waals surface area contributed by atoms with Crippen LogP contribution < -0.4 is 9.64 Å². The largest absolute Gasteiger partial charge is 0.497 e. The molecule has 0 spiro atoms. The molecule has 3 aromatic rings. The molecule has 2 amide bonds. The first-order valence-electron chi connectivity index (χ1n) is 9.18. The number of halogens is 1. The van der Waals surface area contributed by atoms with Gasteiger partial charge >= 0.3 is 0 Å². The van der Waals surface area contributed by atoms with Gasteiger partial charge in [0.15, 0.2) is 0 Å². The fourth-order valence-corrected chi connectivity index (χ4v) is 4.52. The molecule has 30 heavy (non-hydrogen) atoms. The maximum absolute atomic E-state index is 13.4. The highest BCUT2D eigenvalue weighted by Gasteiger charge is 2.40. The van der Waals surface area contributed by atoms with Gasteiger partial charge in [-0.2, -0.15) is 0 Å². The zero-order valence-electron chi connectivity index (χ0n) is 16.3. The van der Waals surface area contributed by atoms with E-state index in [0.29, 0.717) is 38.3 Å². The van der Waals surface area contributed by atoms with Crippen LogP contribution in [-0.4, -0.2) is 18.9 Å². The summed E-state index contributed by atoms with van der Waals surface area (Å²) in [6, 6.07) is 15.8. The lowest BCUT2D eigenvalue weighted by Crippen LogP contribution is -2.31. The number of rotatable bonds is 6. The SMILES string of the molecule is COc1ccc(C2=C(SCc3ccco3)C(=O)N(c3ccc(Cl)cc3C)C2=O)cc1. The first-order chi connectivity index (χ1) is 14.5. The van der Waals surface area contributed by atoms with E-state index in [0.717, 1.165) is 11.3 Å². The average molecular weight is 440 g/mol. The van der Waals surface area contributed by atoms with Crippen LogP contribution in [0, 0.1) is 6.92 Å². The summed E-state index contributed by atoms with van der Waals surface area (Å²) in [6.07, 6.45) is 1.58. The normalized spacial score (nSPS) is 14.0. The second kappa shape index (κ2) is 8.42. The van der Waals surface area contributed by atoms with Gasteiger partial charge in [0.1, 0.15) is 11.5 Å². The van der Waals surface area contributed by atoms with Crippen molar-refractivity contribution in [2.75, 3.05) is 12.0 Å². The van der Waals surface area contributed by atoms with Gasteiger partial charge in [-0.3, -0.25) is 9.59 Å². The molecule has 5 nitrogen and oxygen atoms in total. The molecule has 0 saturated carbocycles. The molecule has 2 aromatic carbocycles. The predicted molar refractivity (Wildman–Crippen MR) is 119 cm³/mol. The summed E-state index contributed by atoms with van der Waals surface area (Å²) in [4.78, 5) is 28.4. The molecule has 0 saturated heterocycles. The zero-order valence-corrected chi connectivity index (χ0v) is 17.9. The van der Waals surface area contributed by atoms with E-state index in [2.05, 4.69) is 0 Å². The predicted octanol–water partition coefficient (Wildman–Crippen LogP) is 5.47. The minimum Gasteiger partial charge on any atom is -0.497 e. The van der Waals surface area contributed by atoms with Crippen LogP contribution in [0.5, 0.6) is 5.75 Å². The van der Waals surface area contributed by atoms with Crippen molar-refractivity contribution >= 4 is 46.4 Å². The van der Waals surface area contributed by atoms with E-state index in [1.807, 2.05) is 13.0 Å². The molecule has 7 heteroatoms. The van der Waals surface area contributed by atoms with Crippen LogP contribution in [0.2, 0.25) is 5.02 Å². The molecule has 0 radical (unpaired) electrons. The molecule has 0 aliphatic carbocycles. The van der Waals surface area contributed by atoms with Crippen LogP contribution in [0.3, 0.4) is 0 Å². The average Bonchev–Trinajstić information content (AvgIpc) is 3.34. The van der Waals surface area contributed by atoms with Gasteiger partial charge in [0.2, 0.25) is 0 Å². The number of amides is 2. The number of imide groups is 1. The Morgan fingerprint density at radius 1 is 1.07 bits per heavy atom. The van der Waals surface area contributed by atoms with Crippen molar-refractivity contribution in [3.8, 4) is 5.75 Å². The van der Waals surface area contributed by atoms with Crippen molar-refractivity contribution in [1.29, 1.82) is 0 Å². The standard InChI is InChI=1S/C23H18ClNO4S/c1-14-12-16(24)7-10-19(14)25-22(26)20(15-5-8-17(28-2)9-6-15)21(23(25)27)30-13-18-4-3-11-29-18/h3-12H,13H2,1-2H3. The van der Waals surface area contributed by atoms with Gasteiger partial charge in [0, 0.05) is 5.02 Å². The Morgan fingerprint density at radius 3 is 2.47 bits per heavy atom. The summed E-state index contributed by atoms with van der Waals surface area (Å²) >= 11 is 7.35. The van der Waals surface area contributed by atoms with Gasteiger partial charge in [-0.15, -0.1) is 11.8 Å². The van der Waals surface area contributed by atoms with Gasteiger partial charge < -0.3 is 9.15 Å². The highest BCUT2D eigenvalue weighted by atomic mass is 35.5. The highest BCUT2D eigenvalue weighted by Crippen LogP contribution is 2.41. The molecule has 0 unspecified atom stereocenters. The Labute approximate surface area is 183 Å². The summed E-state index contributed by atoms with van der Waals surface area (Å²) in [5.41, 5.74) is 2.29. The van der Waals surface area contributed by atoms with Gasteiger partial charge in [0.25, 0.3) is 11.8 Å². The number of hydrogen-bond donors (Lipinski definition) is 0. The molecule has 0 bridgehead atoms. The summed E-state index contributed by atoms with van der Waals surface area (Å²) in [6.45, 7) is 1.82. The van der Waals surface area contributed by atoms with E-state index in [-0.39, 0.29) is 11.8 Å². The summed E-state index contributed by atoms with van der Waals surface area (Å²) < 4.78 is 10.6. The molecule has 1 aliphatic heterocycles. The molecule has 0 fully saturated rings. The van der Waals surface area contributed by atoms with Crippen LogP contribution in [0.15, 0.2) is 70.2 Å². The van der Waals surface area contributed by atoms with Crippen LogP contribution >= 0.6 is 23.4 Å². The molecule has 0 N–H and O–H groups in total. The second-order valence-corrected chi connectivity index (χ2v) is 8.10. The van der Waals surface area contributed by atoms with E-state index in [1.165, 1.54) is 16.7 Å². The molecule has 2 heterocycles. The number of nitrogens with zero attached hydrogens (tertiary/aromatic N) is 1. The van der Waals surface area contributed by atoms with Crippen molar-refractivity contribution in [2.45, 2.75) is 12.7 Å². The van der Waals surface area contributed by atoms with E-state index in [9.17, 15) is 9.59 Å². The molecule has 4 rings (SSSR count). The Morgan fingerprint density at radius 2 is 1.83 bits per heavy atom. The van der Waals surface area contributed by atoms with Crippen molar-refractivity contribution in [1.82, 2.24) is 0 Å². The fourth-order valence-electron chi connectivity index (χ4n) is 3.28. The molecule has 1 aromatic heterocycles.